The van der Waals surface area contributed by atoms with Crippen molar-refractivity contribution in [1.29, 1.82) is 0 Å². The molecule has 0 aliphatic rings. The summed E-state index contributed by atoms with van der Waals surface area (Å²) >= 11 is 0. The molecule has 1 N–H and O–H groups in total. The highest BCUT2D eigenvalue weighted by Gasteiger charge is 2.30. The monoisotopic (exact) mass is 461 g/mol. The molecule has 3 nitrogen and oxygen atoms in total. The number of alkyl halides is 3. The van der Waals surface area contributed by atoms with Crippen molar-refractivity contribution in [2.24, 2.45) is 0 Å². The zero-order valence-electron chi connectivity index (χ0n) is 19.7. The number of rotatable bonds is 13. The van der Waals surface area contributed by atoms with Crippen molar-refractivity contribution in [3.63, 3.8) is 0 Å². The van der Waals surface area contributed by atoms with Gasteiger partial charge in [-0.1, -0.05) is 55.3 Å². The molecule has 180 valence electrons. The number of allylic oxidation sites excluding steroid dienone is 4. The van der Waals surface area contributed by atoms with Gasteiger partial charge >= 0.3 is 6.36 Å². The van der Waals surface area contributed by atoms with Crippen molar-refractivity contribution >= 4 is 5.69 Å². The zero-order valence-corrected chi connectivity index (χ0v) is 19.7. The molecule has 2 aromatic carbocycles. The molecule has 0 spiro atoms. The van der Waals surface area contributed by atoms with Gasteiger partial charge in [0.25, 0.3) is 0 Å². The van der Waals surface area contributed by atoms with Crippen LogP contribution in [0, 0.1) is 0 Å². The Morgan fingerprint density at radius 1 is 0.970 bits per heavy atom. The van der Waals surface area contributed by atoms with Crippen molar-refractivity contribution in [2.75, 3.05) is 18.5 Å². The summed E-state index contributed by atoms with van der Waals surface area (Å²) in [7, 11) is 0. The molecular formula is C27H34F3NO2. The van der Waals surface area contributed by atoms with E-state index in [4.69, 9.17) is 4.74 Å². The Labute approximate surface area is 195 Å². The normalized spacial score (nSPS) is 12.2. The molecule has 2 rings (SSSR count). The SMILES string of the molecule is C/C=C\C(=C/C)CCCCOc1ccc(-c2ccc(OC(F)(F)F)cc2)cc1NCCCC. The molecular weight excluding hydrogens is 427 g/mol. The number of hydrogen-bond donors (Lipinski definition) is 1. The fourth-order valence-electron chi connectivity index (χ4n) is 3.37. The predicted molar refractivity (Wildman–Crippen MR) is 130 cm³/mol. The Morgan fingerprint density at radius 2 is 1.70 bits per heavy atom. The summed E-state index contributed by atoms with van der Waals surface area (Å²) in [5.74, 6) is 0.551. The Bertz CT molecular complexity index is 903. The maximum atomic E-state index is 12.4. The van der Waals surface area contributed by atoms with E-state index in [1.807, 2.05) is 25.1 Å². The van der Waals surface area contributed by atoms with Crippen LogP contribution in [0.3, 0.4) is 0 Å². The fraction of sp³-hybridized carbons (Fsp3) is 0.407. The molecule has 0 bridgehead atoms. The van der Waals surface area contributed by atoms with E-state index in [1.165, 1.54) is 17.7 Å². The third kappa shape index (κ3) is 9.64. The molecule has 2 aromatic rings. The van der Waals surface area contributed by atoms with Gasteiger partial charge in [0.2, 0.25) is 0 Å². The van der Waals surface area contributed by atoms with Gasteiger partial charge in [-0.15, -0.1) is 13.2 Å². The second-order valence-electron chi connectivity index (χ2n) is 7.73. The summed E-state index contributed by atoms with van der Waals surface area (Å²) in [4.78, 5) is 0. The number of benzene rings is 2. The van der Waals surface area contributed by atoms with E-state index in [-0.39, 0.29) is 5.75 Å². The van der Waals surface area contributed by atoms with Gasteiger partial charge in [0.15, 0.2) is 0 Å². The average molecular weight is 462 g/mol. The van der Waals surface area contributed by atoms with Crippen LogP contribution in [0.4, 0.5) is 18.9 Å². The lowest BCUT2D eigenvalue weighted by atomic mass is 10.0. The Balaban J connectivity index is 2.05. The first-order valence-corrected chi connectivity index (χ1v) is 11.5. The molecule has 0 saturated heterocycles. The van der Waals surface area contributed by atoms with Crippen LogP contribution in [0.5, 0.6) is 11.5 Å². The van der Waals surface area contributed by atoms with Gasteiger partial charge in [-0.3, -0.25) is 0 Å². The lowest BCUT2D eigenvalue weighted by Crippen LogP contribution is -2.16. The minimum Gasteiger partial charge on any atom is -0.491 e. The molecule has 0 amide bonds. The number of nitrogens with one attached hydrogen (secondary N) is 1. The highest BCUT2D eigenvalue weighted by molar-refractivity contribution is 5.72. The third-order valence-corrected chi connectivity index (χ3v) is 5.12. The Kier molecular flexibility index (Phi) is 10.9. The lowest BCUT2D eigenvalue weighted by Gasteiger charge is -2.15. The minimum absolute atomic E-state index is 0.233. The molecule has 0 fully saturated rings. The first-order valence-electron chi connectivity index (χ1n) is 11.5. The van der Waals surface area contributed by atoms with Crippen LogP contribution in [0.15, 0.2) is 66.3 Å². The van der Waals surface area contributed by atoms with Crippen LogP contribution in [0.25, 0.3) is 11.1 Å². The first-order chi connectivity index (χ1) is 15.9. The summed E-state index contributed by atoms with van der Waals surface area (Å²) in [6.45, 7) is 7.65. The summed E-state index contributed by atoms with van der Waals surface area (Å²) in [6, 6.07) is 11.7. The Hall–Kier alpha value is -2.89. The molecule has 0 aliphatic carbocycles. The van der Waals surface area contributed by atoms with Crippen molar-refractivity contribution in [3.05, 3.63) is 66.3 Å². The van der Waals surface area contributed by atoms with E-state index in [0.717, 1.165) is 61.2 Å². The topological polar surface area (TPSA) is 30.5 Å². The van der Waals surface area contributed by atoms with E-state index in [1.54, 1.807) is 12.1 Å². The maximum absolute atomic E-state index is 12.4. The molecule has 0 radical (unpaired) electrons. The van der Waals surface area contributed by atoms with Crippen molar-refractivity contribution < 1.29 is 22.6 Å². The molecule has 6 heteroatoms. The van der Waals surface area contributed by atoms with Crippen LogP contribution in [0.1, 0.15) is 52.9 Å². The summed E-state index contributed by atoms with van der Waals surface area (Å²) in [5.41, 5.74) is 3.91. The standard InChI is InChI=1S/C27H34F3NO2/c1-4-7-18-31-25-20-23(22-12-15-24(16-13-22)33-27(28,29)30)14-17-26(25)32-19-9-8-11-21(6-3)10-5-2/h5-6,10,12-17,20,31H,4,7-9,11,18-19H2,1-3H3/b10-5-,21-6+. The van der Waals surface area contributed by atoms with Crippen molar-refractivity contribution in [3.8, 4) is 22.6 Å². The first kappa shape index (κ1) is 26.4. The van der Waals surface area contributed by atoms with Crippen molar-refractivity contribution in [2.45, 2.75) is 59.2 Å². The zero-order chi connectivity index (χ0) is 24.1. The van der Waals surface area contributed by atoms with Gasteiger partial charge in [0.05, 0.1) is 12.3 Å². The van der Waals surface area contributed by atoms with Crippen LogP contribution in [-0.4, -0.2) is 19.5 Å². The second-order valence-corrected chi connectivity index (χ2v) is 7.73. The Morgan fingerprint density at radius 3 is 2.33 bits per heavy atom. The van der Waals surface area contributed by atoms with Gasteiger partial charge < -0.3 is 14.8 Å². The lowest BCUT2D eigenvalue weighted by molar-refractivity contribution is -0.274. The van der Waals surface area contributed by atoms with Gasteiger partial charge in [-0.05, 0) is 74.9 Å². The molecule has 0 saturated carbocycles. The number of hydrogen-bond acceptors (Lipinski definition) is 3. The fourth-order valence-corrected chi connectivity index (χ4v) is 3.37. The third-order valence-electron chi connectivity index (χ3n) is 5.12. The van der Waals surface area contributed by atoms with Gasteiger partial charge in [0, 0.05) is 6.54 Å². The largest absolute Gasteiger partial charge is 0.573 e. The summed E-state index contributed by atoms with van der Waals surface area (Å²) in [6.07, 6.45) is 6.76. The molecule has 0 aromatic heterocycles. The van der Waals surface area contributed by atoms with E-state index >= 15 is 0 Å². The van der Waals surface area contributed by atoms with E-state index in [2.05, 4.69) is 42.1 Å². The number of halogens is 3. The van der Waals surface area contributed by atoms with E-state index in [9.17, 15) is 13.2 Å². The van der Waals surface area contributed by atoms with Crippen LogP contribution in [0.2, 0.25) is 0 Å². The molecule has 0 aliphatic heterocycles. The highest BCUT2D eigenvalue weighted by Crippen LogP contribution is 2.32. The minimum atomic E-state index is -4.70. The van der Waals surface area contributed by atoms with Crippen LogP contribution in [-0.2, 0) is 0 Å². The summed E-state index contributed by atoms with van der Waals surface area (Å²) < 4.78 is 47.2. The number of anilines is 1. The predicted octanol–water partition coefficient (Wildman–Crippen LogP) is 8.54. The smallest absolute Gasteiger partial charge is 0.491 e. The van der Waals surface area contributed by atoms with Gasteiger partial charge in [-0.25, -0.2) is 0 Å². The molecule has 0 atom stereocenters. The molecule has 0 heterocycles. The second kappa shape index (κ2) is 13.6. The highest BCUT2D eigenvalue weighted by atomic mass is 19.4. The van der Waals surface area contributed by atoms with E-state index < -0.39 is 6.36 Å². The van der Waals surface area contributed by atoms with Gasteiger partial charge in [-0.2, -0.15) is 0 Å². The van der Waals surface area contributed by atoms with E-state index in [0.29, 0.717) is 6.61 Å². The van der Waals surface area contributed by atoms with Gasteiger partial charge in [0.1, 0.15) is 11.5 Å². The number of unbranched alkanes of at least 4 members (excludes halogenated alkanes) is 2. The quantitative estimate of drug-likeness (QED) is 0.239. The molecule has 0 unspecified atom stereocenters. The van der Waals surface area contributed by atoms with Crippen molar-refractivity contribution in [1.82, 2.24) is 0 Å². The van der Waals surface area contributed by atoms with Crippen LogP contribution >= 0.6 is 0 Å². The van der Waals surface area contributed by atoms with Crippen LogP contribution < -0.4 is 14.8 Å². The average Bonchev–Trinajstić information content (AvgIpc) is 2.78. The molecule has 33 heavy (non-hydrogen) atoms. The maximum Gasteiger partial charge on any atom is 0.573 e. The number of ether oxygens (including phenoxy) is 2. The summed E-state index contributed by atoms with van der Waals surface area (Å²) in [5, 5.41) is 3.44.